The van der Waals surface area contributed by atoms with Crippen LogP contribution in [0.4, 0.5) is 5.69 Å². The lowest BCUT2D eigenvalue weighted by Gasteiger charge is -2.35. The van der Waals surface area contributed by atoms with Crippen LogP contribution in [0, 0.1) is 0 Å². The molecule has 0 aromatic heterocycles. The number of nitrogens with zero attached hydrogens (tertiary/aromatic N) is 2. The van der Waals surface area contributed by atoms with E-state index in [1.807, 2.05) is 4.90 Å². The molecule has 0 N–H and O–H groups in total. The molecule has 0 spiro atoms. The molecule has 1 amide bonds. The Morgan fingerprint density at radius 1 is 1.24 bits per heavy atom. The number of fused-ring (bicyclic) bond motifs is 2. The summed E-state index contributed by atoms with van der Waals surface area (Å²) in [6.07, 6.45) is 1.12. The fourth-order valence-electron chi connectivity index (χ4n) is 3.00. The Morgan fingerprint density at radius 3 is 2.47 bits per heavy atom. The van der Waals surface area contributed by atoms with Gasteiger partial charge in [-0.2, -0.15) is 0 Å². The Morgan fingerprint density at radius 2 is 1.94 bits per heavy atom. The van der Waals surface area contributed by atoms with Gasteiger partial charge in [-0.1, -0.05) is 15.9 Å². The summed E-state index contributed by atoms with van der Waals surface area (Å²) < 4.78 is 1.11. The average molecular weight is 295 g/mol. The van der Waals surface area contributed by atoms with Gasteiger partial charge in [0.15, 0.2) is 0 Å². The fraction of sp³-hybridized carbons (Fsp3) is 0.462. The topological polar surface area (TPSA) is 23.6 Å². The van der Waals surface area contributed by atoms with E-state index < -0.39 is 0 Å². The molecule has 0 aliphatic carbocycles. The highest BCUT2D eigenvalue weighted by atomic mass is 79.9. The number of piperazine rings is 1. The van der Waals surface area contributed by atoms with E-state index in [-0.39, 0.29) is 5.91 Å². The molecule has 1 aromatic rings. The van der Waals surface area contributed by atoms with Gasteiger partial charge in [0.2, 0.25) is 5.91 Å². The molecular formula is C13H15BrN2O. The maximum absolute atomic E-state index is 11.4. The number of amides is 1. The molecule has 3 rings (SSSR count). The number of hydrogen-bond acceptors (Lipinski definition) is 2. The quantitative estimate of drug-likeness (QED) is 0.793. The summed E-state index contributed by atoms with van der Waals surface area (Å²) >= 11 is 3.45. The van der Waals surface area contributed by atoms with Crippen molar-refractivity contribution in [3.8, 4) is 0 Å². The Kier molecular flexibility index (Phi) is 2.62. The van der Waals surface area contributed by atoms with Crippen LogP contribution >= 0.6 is 15.9 Å². The first kappa shape index (κ1) is 11.1. The second-order valence-corrected chi connectivity index (χ2v) is 5.76. The Labute approximate surface area is 110 Å². The molecule has 3 nitrogen and oxygen atoms in total. The largest absolute Gasteiger partial charge is 0.365 e. The van der Waals surface area contributed by atoms with Gasteiger partial charge in [0.05, 0.1) is 6.04 Å². The Bertz CT molecular complexity index is 445. The molecule has 2 aliphatic rings. The van der Waals surface area contributed by atoms with Crippen molar-refractivity contribution in [2.45, 2.75) is 25.4 Å². The van der Waals surface area contributed by atoms with Crippen molar-refractivity contribution in [3.05, 3.63) is 28.7 Å². The average Bonchev–Trinajstić information content (AvgIpc) is 2.89. The third kappa shape index (κ3) is 1.84. The summed E-state index contributed by atoms with van der Waals surface area (Å²) in [6, 6.07) is 9.35. The first-order chi connectivity index (χ1) is 8.15. The van der Waals surface area contributed by atoms with Gasteiger partial charge in [-0.3, -0.25) is 4.79 Å². The molecule has 2 saturated heterocycles. The van der Waals surface area contributed by atoms with Crippen molar-refractivity contribution in [2.75, 3.05) is 18.0 Å². The maximum atomic E-state index is 11.4. The van der Waals surface area contributed by atoms with Crippen LogP contribution in [0.15, 0.2) is 28.7 Å². The molecule has 0 radical (unpaired) electrons. The molecule has 17 heavy (non-hydrogen) atoms. The lowest BCUT2D eigenvalue weighted by Crippen LogP contribution is -2.48. The molecule has 2 aliphatic heterocycles. The van der Waals surface area contributed by atoms with E-state index in [4.69, 9.17) is 0 Å². The van der Waals surface area contributed by atoms with Crippen molar-refractivity contribution in [1.29, 1.82) is 0 Å². The minimum Gasteiger partial charge on any atom is -0.365 e. The summed E-state index contributed by atoms with van der Waals surface area (Å²) in [6.45, 7) is 3.53. The van der Waals surface area contributed by atoms with Crippen molar-refractivity contribution in [1.82, 2.24) is 4.90 Å². The fourth-order valence-corrected chi connectivity index (χ4v) is 3.27. The molecule has 2 bridgehead atoms. The van der Waals surface area contributed by atoms with E-state index in [0.29, 0.717) is 12.1 Å². The summed E-state index contributed by atoms with van der Waals surface area (Å²) in [5.74, 6) is 0.216. The number of carbonyl (C=O) groups excluding carboxylic acids is 1. The smallest absolute Gasteiger partial charge is 0.219 e. The number of likely N-dealkylation sites (tertiary alicyclic amines) is 1. The summed E-state index contributed by atoms with van der Waals surface area (Å²) in [7, 11) is 0. The van der Waals surface area contributed by atoms with Crippen molar-refractivity contribution in [2.24, 2.45) is 0 Å². The Balaban J connectivity index is 1.78. The highest BCUT2D eigenvalue weighted by Gasteiger charge is 2.44. The number of benzene rings is 1. The molecule has 2 fully saturated rings. The van der Waals surface area contributed by atoms with E-state index in [1.165, 1.54) is 5.69 Å². The molecular weight excluding hydrogens is 280 g/mol. The van der Waals surface area contributed by atoms with Crippen LogP contribution in [0.25, 0.3) is 0 Å². The van der Waals surface area contributed by atoms with Gasteiger partial charge in [0, 0.05) is 36.2 Å². The minimum absolute atomic E-state index is 0.216. The number of hydrogen-bond donors (Lipinski definition) is 0. The van der Waals surface area contributed by atoms with Crippen molar-refractivity contribution in [3.63, 3.8) is 0 Å². The standard InChI is InChI=1S/C13H15BrN2O/c1-9(17)15-7-13-6-12(15)8-16(13)11-4-2-10(14)3-5-11/h2-5,12-13H,6-8H2,1H3/t12-,13-/m0/s1. The molecule has 2 atom stereocenters. The monoisotopic (exact) mass is 294 g/mol. The van der Waals surface area contributed by atoms with Gasteiger partial charge in [0.25, 0.3) is 0 Å². The van der Waals surface area contributed by atoms with E-state index in [1.54, 1.807) is 6.92 Å². The molecule has 1 aromatic carbocycles. The van der Waals surface area contributed by atoms with E-state index in [9.17, 15) is 4.79 Å². The van der Waals surface area contributed by atoms with Crippen LogP contribution in [-0.2, 0) is 4.79 Å². The number of rotatable bonds is 1. The summed E-state index contributed by atoms with van der Waals surface area (Å²) in [5, 5.41) is 0. The second kappa shape index (κ2) is 4.02. The minimum atomic E-state index is 0.216. The lowest BCUT2D eigenvalue weighted by atomic mass is 10.2. The zero-order valence-corrected chi connectivity index (χ0v) is 11.4. The highest BCUT2D eigenvalue weighted by Crippen LogP contribution is 2.34. The van der Waals surface area contributed by atoms with E-state index in [0.717, 1.165) is 24.0 Å². The van der Waals surface area contributed by atoms with E-state index >= 15 is 0 Å². The highest BCUT2D eigenvalue weighted by molar-refractivity contribution is 9.10. The van der Waals surface area contributed by atoms with Crippen LogP contribution < -0.4 is 4.90 Å². The first-order valence-corrected chi connectivity index (χ1v) is 6.74. The third-order valence-corrected chi connectivity index (χ3v) is 4.33. The normalized spacial score (nSPS) is 26.7. The number of halogens is 1. The second-order valence-electron chi connectivity index (χ2n) is 4.84. The van der Waals surface area contributed by atoms with Crippen molar-refractivity contribution < 1.29 is 4.79 Å². The van der Waals surface area contributed by atoms with Gasteiger partial charge in [-0.05, 0) is 30.7 Å². The van der Waals surface area contributed by atoms with Crippen LogP contribution in [0.2, 0.25) is 0 Å². The summed E-state index contributed by atoms with van der Waals surface area (Å²) in [5.41, 5.74) is 1.27. The third-order valence-electron chi connectivity index (χ3n) is 3.80. The number of carbonyl (C=O) groups is 1. The van der Waals surface area contributed by atoms with Crippen LogP contribution in [-0.4, -0.2) is 36.0 Å². The first-order valence-electron chi connectivity index (χ1n) is 5.94. The van der Waals surface area contributed by atoms with Crippen LogP contribution in [0.5, 0.6) is 0 Å². The molecule has 2 heterocycles. The van der Waals surface area contributed by atoms with Crippen molar-refractivity contribution >= 4 is 27.5 Å². The Hall–Kier alpha value is -1.03. The van der Waals surface area contributed by atoms with Crippen LogP contribution in [0.1, 0.15) is 13.3 Å². The zero-order valence-electron chi connectivity index (χ0n) is 9.77. The van der Waals surface area contributed by atoms with E-state index in [2.05, 4.69) is 45.1 Å². The van der Waals surface area contributed by atoms with Gasteiger partial charge < -0.3 is 9.80 Å². The summed E-state index contributed by atoms with van der Waals surface area (Å²) in [4.78, 5) is 15.9. The van der Waals surface area contributed by atoms with Gasteiger partial charge in [0.1, 0.15) is 0 Å². The zero-order chi connectivity index (χ0) is 12.0. The molecule has 0 unspecified atom stereocenters. The predicted molar refractivity (Wildman–Crippen MR) is 71.1 cm³/mol. The lowest BCUT2D eigenvalue weighted by molar-refractivity contribution is -0.129. The van der Waals surface area contributed by atoms with Gasteiger partial charge in [-0.15, -0.1) is 0 Å². The SMILES string of the molecule is CC(=O)N1C[C@@H]2C[C@H]1CN2c1ccc(Br)cc1. The maximum Gasteiger partial charge on any atom is 0.219 e. The van der Waals surface area contributed by atoms with Crippen LogP contribution in [0.3, 0.4) is 0 Å². The molecule has 0 saturated carbocycles. The predicted octanol–water partition coefficient (Wildman–Crippen LogP) is 2.26. The molecule has 90 valence electrons. The number of anilines is 1. The molecule has 4 heteroatoms. The van der Waals surface area contributed by atoms with Gasteiger partial charge >= 0.3 is 0 Å². The van der Waals surface area contributed by atoms with Gasteiger partial charge in [-0.25, -0.2) is 0 Å².